The zero-order valence-electron chi connectivity index (χ0n) is 17.4. The lowest BCUT2D eigenvalue weighted by Crippen LogP contribution is -2.48. The zero-order valence-corrected chi connectivity index (χ0v) is 17.4. The maximum atomic E-state index is 13.1. The van der Waals surface area contributed by atoms with Gasteiger partial charge in [-0.25, -0.2) is 0 Å². The summed E-state index contributed by atoms with van der Waals surface area (Å²) in [6.45, 7) is 4.48. The van der Waals surface area contributed by atoms with E-state index in [-0.39, 0.29) is 29.5 Å². The molecule has 3 aromatic rings. The number of aryl methyl sites for hydroxylation is 1. The number of hydrogen-bond donors (Lipinski definition) is 1. The largest absolute Gasteiger partial charge is 0.370 e. The van der Waals surface area contributed by atoms with Crippen LogP contribution in [-0.4, -0.2) is 38.5 Å². The van der Waals surface area contributed by atoms with E-state index in [0.29, 0.717) is 18.2 Å². The molecule has 3 aromatic heterocycles. The quantitative estimate of drug-likeness (QED) is 0.698. The Labute approximate surface area is 180 Å². The number of fused-ring (bicyclic) bond motifs is 4. The summed E-state index contributed by atoms with van der Waals surface area (Å²) >= 11 is 0. The number of carbonyl (C=O) groups is 1. The first-order chi connectivity index (χ1) is 15.1. The van der Waals surface area contributed by atoms with Gasteiger partial charge in [-0.3, -0.25) is 24.5 Å². The molecule has 0 saturated carbocycles. The summed E-state index contributed by atoms with van der Waals surface area (Å²) in [4.78, 5) is 40.7. The van der Waals surface area contributed by atoms with Gasteiger partial charge < -0.3 is 14.8 Å². The van der Waals surface area contributed by atoms with E-state index in [9.17, 15) is 9.59 Å². The summed E-state index contributed by atoms with van der Waals surface area (Å²) in [5.41, 5.74) is 3.61. The third kappa shape index (κ3) is 3.81. The molecule has 0 radical (unpaired) electrons. The lowest BCUT2D eigenvalue weighted by atomic mass is 9.82. The molecule has 8 nitrogen and oxygen atoms in total. The third-order valence-electron chi connectivity index (χ3n) is 6.14. The van der Waals surface area contributed by atoms with Crippen LogP contribution in [0.15, 0.2) is 53.8 Å². The highest BCUT2D eigenvalue weighted by molar-refractivity contribution is 5.93. The van der Waals surface area contributed by atoms with Crippen molar-refractivity contribution in [3.8, 4) is 0 Å². The number of carbonyl (C=O) groups excluding carboxylic acids is 1. The second kappa shape index (κ2) is 7.94. The van der Waals surface area contributed by atoms with Gasteiger partial charge >= 0.3 is 0 Å². The van der Waals surface area contributed by atoms with E-state index < -0.39 is 0 Å². The zero-order chi connectivity index (χ0) is 21.4. The first-order valence-corrected chi connectivity index (χ1v) is 10.5. The average Bonchev–Trinajstić information content (AvgIpc) is 2.80. The van der Waals surface area contributed by atoms with Gasteiger partial charge in [0.2, 0.25) is 0 Å². The maximum Gasteiger partial charge on any atom is 0.263 e. The van der Waals surface area contributed by atoms with Crippen molar-refractivity contribution >= 4 is 11.6 Å². The molecule has 2 bridgehead atoms. The van der Waals surface area contributed by atoms with Crippen molar-refractivity contribution in [1.29, 1.82) is 0 Å². The lowest BCUT2D eigenvalue weighted by molar-refractivity contribution is 0.0947. The summed E-state index contributed by atoms with van der Waals surface area (Å²) < 4.78 is 1.81. The van der Waals surface area contributed by atoms with Crippen LogP contribution in [0.25, 0.3) is 0 Å². The van der Waals surface area contributed by atoms with Gasteiger partial charge in [-0.2, -0.15) is 0 Å². The fraction of sp³-hybridized carbons (Fsp3) is 0.348. The lowest BCUT2D eigenvalue weighted by Gasteiger charge is -2.43. The van der Waals surface area contributed by atoms with Crippen LogP contribution >= 0.6 is 0 Å². The van der Waals surface area contributed by atoms with Crippen LogP contribution in [0.2, 0.25) is 0 Å². The molecule has 2 aliphatic rings. The Morgan fingerprint density at radius 2 is 1.94 bits per heavy atom. The molecule has 8 heteroatoms. The Morgan fingerprint density at radius 1 is 1.10 bits per heavy atom. The molecule has 1 fully saturated rings. The highest BCUT2D eigenvalue weighted by Crippen LogP contribution is 2.36. The number of pyridine rings is 2. The SMILES string of the molecule is Cc1cnc(CNC(=O)c2ccc3n(c2=O)C[C@H]2C[C@@H]3CN(c3ccncc3)C2)cn1. The van der Waals surface area contributed by atoms with Crippen molar-refractivity contribution in [2.75, 3.05) is 18.0 Å². The highest BCUT2D eigenvalue weighted by Gasteiger charge is 2.35. The van der Waals surface area contributed by atoms with Crippen LogP contribution in [-0.2, 0) is 13.1 Å². The molecular formula is C23H24N6O2. The predicted octanol–water partition coefficient (Wildman–Crippen LogP) is 1.90. The summed E-state index contributed by atoms with van der Waals surface area (Å²) in [6, 6.07) is 7.66. The van der Waals surface area contributed by atoms with E-state index in [1.54, 1.807) is 18.5 Å². The van der Waals surface area contributed by atoms with Crippen molar-refractivity contribution in [3.05, 3.63) is 82.1 Å². The third-order valence-corrected chi connectivity index (χ3v) is 6.14. The molecule has 0 aliphatic carbocycles. The second-order valence-corrected chi connectivity index (χ2v) is 8.33. The normalized spacial score (nSPS) is 19.6. The molecule has 2 aliphatic heterocycles. The summed E-state index contributed by atoms with van der Waals surface area (Å²) in [5.74, 6) is 0.267. The van der Waals surface area contributed by atoms with E-state index in [1.165, 1.54) is 0 Å². The Kier molecular flexibility index (Phi) is 4.97. The second-order valence-electron chi connectivity index (χ2n) is 8.33. The van der Waals surface area contributed by atoms with Gasteiger partial charge in [-0.15, -0.1) is 0 Å². The highest BCUT2D eigenvalue weighted by atomic mass is 16.2. The van der Waals surface area contributed by atoms with E-state index in [4.69, 9.17) is 0 Å². The Bertz CT molecular complexity index is 1160. The fourth-order valence-electron chi connectivity index (χ4n) is 4.66. The molecular weight excluding hydrogens is 392 g/mol. The number of hydrogen-bond acceptors (Lipinski definition) is 6. The van der Waals surface area contributed by atoms with Crippen molar-refractivity contribution in [2.45, 2.75) is 32.4 Å². The minimum Gasteiger partial charge on any atom is -0.370 e. The summed E-state index contributed by atoms with van der Waals surface area (Å²) in [5, 5.41) is 2.79. The van der Waals surface area contributed by atoms with Gasteiger partial charge in [0.05, 0.1) is 24.1 Å². The van der Waals surface area contributed by atoms with E-state index in [2.05, 4.69) is 25.2 Å². The molecule has 2 atom stereocenters. The number of nitrogens with zero attached hydrogens (tertiary/aromatic N) is 5. The van der Waals surface area contributed by atoms with Crippen LogP contribution < -0.4 is 15.8 Å². The molecule has 31 heavy (non-hydrogen) atoms. The Hall–Kier alpha value is -3.55. The molecule has 5 rings (SSSR count). The number of nitrogens with one attached hydrogen (secondary N) is 1. The number of rotatable bonds is 4. The first-order valence-electron chi connectivity index (χ1n) is 10.5. The van der Waals surface area contributed by atoms with Gasteiger partial charge in [0.1, 0.15) is 5.56 Å². The minimum atomic E-state index is -0.378. The standard InChI is InChI=1S/C23H24N6O2/c1-15-9-26-18(10-25-15)11-27-22(30)20-2-3-21-17-8-16(13-29(21)23(20)31)12-28(14-17)19-4-6-24-7-5-19/h2-7,9-10,16-17H,8,11-14H2,1H3,(H,27,30)/t16-,17+/m0/s1. The number of piperidine rings is 1. The van der Waals surface area contributed by atoms with Gasteiger partial charge in [-0.05, 0) is 43.5 Å². The van der Waals surface area contributed by atoms with Gasteiger partial charge in [0.15, 0.2) is 0 Å². The topological polar surface area (TPSA) is 93.0 Å². The molecule has 0 unspecified atom stereocenters. The molecule has 0 spiro atoms. The van der Waals surface area contributed by atoms with Crippen LogP contribution in [0.1, 0.15) is 39.8 Å². The Morgan fingerprint density at radius 3 is 2.71 bits per heavy atom. The van der Waals surface area contributed by atoms with Crippen molar-refractivity contribution in [3.63, 3.8) is 0 Å². The number of anilines is 1. The molecule has 1 N–H and O–H groups in total. The van der Waals surface area contributed by atoms with E-state index in [0.717, 1.165) is 36.6 Å². The van der Waals surface area contributed by atoms with Gasteiger partial charge in [0.25, 0.3) is 11.5 Å². The smallest absolute Gasteiger partial charge is 0.263 e. The number of aromatic nitrogens is 4. The minimum absolute atomic E-state index is 0.176. The monoisotopic (exact) mass is 416 g/mol. The molecule has 1 amide bonds. The van der Waals surface area contributed by atoms with Crippen LogP contribution in [0.4, 0.5) is 5.69 Å². The van der Waals surface area contributed by atoms with Crippen LogP contribution in [0, 0.1) is 12.8 Å². The van der Waals surface area contributed by atoms with Crippen LogP contribution in [0.3, 0.4) is 0 Å². The van der Waals surface area contributed by atoms with Crippen molar-refractivity contribution in [1.82, 2.24) is 24.8 Å². The molecule has 0 aromatic carbocycles. The van der Waals surface area contributed by atoms with Crippen molar-refractivity contribution < 1.29 is 4.79 Å². The average molecular weight is 416 g/mol. The number of amides is 1. The fourth-order valence-corrected chi connectivity index (χ4v) is 4.66. The predicted molar refractivity (Wildman–Crippen MR) is 116 cm³/mol. The molecule has 1 saturated heterocycles. The summed E-state index contributed by atoms with van der Waals surface area (Å²) in [7, 11) is 0. The molecule has 158 valence electrons. The summed E-state index contributed by atoms with van der Waals surface area (Å²) in [6.07, 6.45) is 7.98. The molecule has 5 heterocycles. The van der Waals surface area contributed by atoms with Gasteiger partial charge in [0, 0.05) is 55.5 Å². The first kappa shape index (κ1) is 19.4. The van der Waals surface area contributed by atoms with E-state index >= 15 is 0 Å². The van der Waals surface area contributed by atoms with Crippen molar-refractivity contribution in [2.24, 2.45) is 5.92 Å². The maximum absolute atomic E-state index is 13.1. The van der Waals surface area contributed by atoms with Gasteiger partial charge in [-0.1, -0.05) is 0 Å². The Balaban J connectivity index is 1.35. The van der Waals surface area contributed by atoms with Crippen LogP contribution in [0.5, 0.6) is 0 Å². The van der Waals surface area contributed by atoms with E-state index in [1.807, 2.05) is 42.1 Å².